The van der Waals surface area contributed by atoms with Gasteiger partial charge in [0.1, 0.15) is 0 Å². The van der Waals surface area contributed by atoms with Crippen LogP contribution in [0, 0.1) is 11.3 Å². The number of pyridine rings is 1. The Morgan fingerprint density at radius 1 is 1.11 bits per heavy atom. The molecule has 1 atom stereocenters. The molecule has 0 spiro atoms. The summed E-state index contributed by atoms with van der Waals surface area (Å²) in [6, 6.07) is 19.3. The van der Waals surface area contributed by atoms with Crippen molar-refractivity contribution in [2.45, 2.75) is 19.0 Å². The number of benzene rings is 2. The van der Waals surface area contributed by atoms with Crippen molar-refractivity contribution in [2.24, 2.45) is 0 Å². The van der Waals surface area contributed by atoms with Crippen molar-refractivity contribution in [1.29, 1.82) is 5.26 Å². The number of hydrogen-bond acceptors (Lipinski definition) is 7. The molecule has 8 heteroatoms. The zero-order chi connectivity index (χ0) is 25.1. The molecule has 1 aromatic heterocycles. The topological polar surface area (TPSA) is 93.5 Å². The van der Waals surface area contributed by atoms with E-state index in [2.05, 4.69) is 50.7 Å². The summed E-state index contributed by atoms with van der Waals surface area (Å²) in [5, 5.41) is 16.1. The molecule has 3 aromatic rings. The van der Waals surface area contributed by atoms with E-state index in [0.717, 1.165) is 38.4 Å². The molecule has 1 fully saturated rings. The number of rotatable bonds is 7. The maximum absolute atomic E-state index is 13.7. The first kappa shape index (κ1) is 23.8. The van der Waals surface area contributed by atoms with Crippen LogP contribution in [0.2, 0.25) is 0 Å². The monoisotopic (exact) mass is 482 g/mol. The Hall–Kier alpha value is -3.93. The summed E-state index contributed by atoms with van der Waals surface area (Å²) in [5.41, 5.74) is 3.10. The van der Waals surface area contributed by atoms with Gasteiger partial charge in [0.05, 0.1) is 23.8 Å². The highest BCUT2D eigenvalue weighted by atomic mass is 16.5. The average molecular weight is 483 g/mol. The minimum absolute atomic E-state index is 0.247. The van der Waals surface area contributed by atoms with E-state index in [1.165, 1.54) is 5.56 Å². The van der Waals surface area contributed by atoms with Crippen LogP contribution in [-0.2, 0) is 16.9 Å². The van der Waals surface area contributed by atoms with Gasteiger partial charge in [0.15, 0.2) is 5.54 Å². The van der Waals surface area contributed by atoms with Crippen LogP contribution in [0.25, 0.3) is 0 Å². The van der Waals surface area contributed by atoms with Crippen molar-refractivity contribution in [3.05, 3.63) is 83.0 Å². The van der Waals surface area contributed by atoms with E-state index >= 15 is 0 Å². The summed E-state index contributed by atoms with van der Waals surface area (Å²) in [4.78, 5) is 22.9. The van der Waals surface area contributed by atoms with Crippen molar-refractivity contribution in [1.82, 2.24) is 14.8 Å². The molecule has 1 amide bonds. The van der Waals surface area contributed by atoms with Gasteiger partial charge >= 0.3 is 0 Å². The Bertz CT molecular complexity index is 1290. The molecule has 1 saturated heterocycles. The van der Waals surface area contributed by atoms with E-state index in [0.29, 0.717) is 34.9 Å². The molecular formula is C28H30N6O2. The van der Waals surface area contributed by atoms with Gasteiger partial charge in [0.2, 0.25) is 5.88 Å². The van der Waals surface area contributed by atoms with Gasteiger partial charge in [0, 0.05) is 55.9 Å². The van der Waals surface area contributed by atoms with Crippen LogP contribution in [0.4, 0.5) is 11.4 Å². The predicted octanol–water partition coefficient (Wildman–Crippen LogP) is 3.41. The average Bonchev–Trinajstić information content (AvgIpc) is 3.18. The second kappa shape index (κ2) is 9.97. The van der Waals surface area contributed by atoms with Crippen LogP contribution in [-0.4, -0.2) is 60.5 Å². The Morgan fingerprint density at radius 2 is 1.89 bits per heavy atom. The SMILES string of the molecule is CCOc1ncccc1C1(Nc2ccc(CN3CCN(C)CC3)cc2)C(=O)Nc2ccc(C#N)cc21. The third-order valence-electron chi connectivity index (χ3n) is 6.89. The fraction of sp³-hybridized carbons (Fsp3) is 0.321. The molecule has 0 aliphatic carbocycles. The number of anilines is 2. The molecule has 5 rings (SSSR count). The molecule has 1 unspecified atom stereocenters. The zero-order valence-electron chi connectivity index (χ0n) is 20.6. The first-order valence-corrected chi connectivity index (χ1v) is 12.3. The van der Waals surface area contributed by atoms with E-state index < -0.39 is 5.54 Å². The number of carbonyl (C=O) groups is 1. The molecule has 2 aliphatic heterocycles. The summed E-state index contributed by atoms with van der Waals surface area (Å²) < 4.78 is 5.84. The number of hydrogen-bond donors (Lipinski definition) is 2. The number of likely N-dealkylation sites (N-methyl/N-ethyl adjacent to an activating group) is 1. The van der Waals surface area contributed by atoms with Gasteiger partial charge in [-0.3, -0.25) is 9.69 Å². The maximum atomic E-state index is 13.7. The second-order valence-electron chi connectivity index (χ2n) is 9.27. The smallest absolute Gasteiger partial charge is 0.259 e. The largest absolute Gasteiger partial charge is 0.478 e. The van der Waals surface area contributed by atoms with E-state index in [9.17, 15) is 10.1 Å². The number of aromatic nitrogens is 1. The molecule has 0 radical (unpaired) electrons. The van der Waals surface area contributed by atoms with Crippen LogP contribution < -0.4 is 15.4 Å². The van der Waals surface area contributed by atoms with E-state index in [4.69, 9.17) is 4.74 Å². The lowest BCUT2D eigenvalue weighted by molar-refractivity contribution is -0.118. The summed E-state index contributed by atoms with van der Waals surface area (Å²) in [6.45, 7) is 7.45. The van der Waals surface area contributed by atoms with E-state index in [-0.39, 0.29) is 5.91 Å². The van der Waals surface area contributed by atoms with Gasteiger partial charge in [-0.25, -0.2) is 4.98 Å². The fourth-order valence-electron chi connectivity index (χ4n) is 4.93. The summed E-state index contributed by atoms with van der Waals surface area (Å²) in [5.74, 6) is 0.132. The van der Waals surface area contributed by atoms with Gasteiger partial charge in [-0.05, 0) is 62.0 Å². The van der Waals surface area contributed by atoms with Gasteiger partial charge in [-0.1, -0.05) is 12.1 Å². The van der Waals surface area contributed by atoms with Crippen LogP contribution >= 0.6 is 0 Å². The molecule has 184 valence electrons. The number of nitrogens with one attached hydrogen (secondary N) is 2. The van der Waals surface area contributed by atoms with E-state index in [1.54, 1.807) is 30.5 Å². The van der Waals surface area contributed by atoms with Gasteiger partial charge in [0.25, 0.3) is 5.91 Å². The lowest BCUT2D eigenvalue weighted by Gasteiger charge is -2.33. The van der Waals surface area contributed by atoms with Crippen LogP contribution in [0.1, 0.15) is 29.2 Å². The van der Waals surface area contributed by atoms with Crippen molar-refractivity contribution >= 4 is 17.3 Å². The van der Waals surface area contributed by atoms with Crippen LogP contribution in [0.15, 0.2) is 60.8 Å². The van der Waals surface area contributed by atoms with E-state index in [1.807, 2.05) is 25.1 Å². The lowest BCUT2D eigenvalue weighted by atomic mass is 9.83. The first-order chi connectivity index (χ1) is 17.5. The molecule has 36 heavy (non-hydrogen) atoms. The molecule has 3 heterocycles. The predicted molar refractivity (Wildman–Crippen MR) is 139 cm³/mol. The molecule has 8 nitrogen and oxygen atoms in total. The molecule has 2 aliphatic rings. The Balaban J connectivity index is 1.52. The summed E-state index contributed by atoms with van der Waals surface area (Å²) in [7, 11) is 2.16. The number of fused-ring (bicyclic) bond motifs is 1. The quantitative estimate of drug-likeness (QED) is 0.533. The van der Waals surface area contributed by atoms with Crippen LogP contribution in [0.5, 0.6) is 5.88 Å². The normalized spacial score (nSPS) is 19.9. The standard InChI is InChI=1S/C28H30N6O2/c1-3-36-26-23(5-4-12-30-26)28(24-17-21(18-29)8-11-25(24)31-27(28)35)32-22-9-6-20(7-10-22)19-34-15-13-33(2)14-16-34/h4-12,17,32H,3,13-16,19H2,1-2H3,(H,31,35). The summed E-state index contributed by atoms with van der Waals surface area (Å²) >= 11 is 0. The maximum Gasteiger partial charge on any atom is 0.259 e. The Labute approximate surface area is 211 Å². The molecule has 2 aromatic carbocycles. The molecular weight excluding hydrogens is 452 g/mol. The number of piperazine rings is 1. The Morgan fingerprint density at radius 3 is 2.61 bits per heavy atom. The van der Waals surface area contributed by atoms with Crippen molar-refractivity contribution in [3.63, 3.8) is 0 Å². The number of nitriles is 1. The third kappa shape index (κ3) is 4.39. The zero-order valence-corrected chi connectivity index (χ0v) is 20.6. The molecule has 0 bridgehead atoms. The number of amides is 1. The second-order valence-corrected chi connectivity index (χ2v) is 9.27. The third-order valence-corrected chi connectivity index (χ3v) is 6.89. The molecule has 2 N–H and O–H groups in total. The van der Waals surface area contributed by atoms with Crippen LogP contribution in [0.3, 0.4) is 0 Å². The fourth-order valence-corrected chi connectivity index (χ4v) is 4.93. The van der Waals surface area contributed by atoms with Gasteiger partial charge in [-0.15, -0.1) is 0 Å². The highest BCUT2D eigenvalue weighted by molar-refractivity contribution is 6.10. The number of carbonyl (C=O) groups excluding carboxylic acids is 1. The van der Waals surface area contributed by atoms with Crippen molar-refractivity contribution < 1.29 is 9.53 Å². The highest BCUT2D eigenvalue weighted by Gasteiger charge is 2.50. The van der Waals surface area contributed by atoms with Crippen molar-refractivity contribution in [2.75, 3.05) is 50.5 Å². The first-order valence-electron chi connectivity index (χ1n) is 12.3. The van der Waals surface area contributed by atoms with Gasteiger partial charge in [-0.2, -0.15) is 5.26 Å². The minimum atomic E-state index is -1.31. The minimum Gasteiger partial charge on any atom is -0.478 e. The highest BCUT2D eigenvalue weighted by Crippen LogP contribution is 2.46. The molecule has 0 saturated carbocycles. The number of nitrogens with zero attached hydrogens (tertiary/aromatic N) is 4. The summed E-state index contributed by atoms with van der Waals surface area (Å²) in [6.07, 6.45) is 1.65. The van der Waals surface area contributed by atoms with Crippen molar-refractivity contribution in [3.8, 4) is 11.9 Å². The Kier molecular flexibility index (Phi) is 6.59. The van der Waals surface area contributed by atoms with Gasteiger partial charge < -0.3 is 20.3 Å². The lowest BCUT2D eigenvalue weighted by Crippen LogP contribution is -2.44. The number of ether oxygens (including phenoxy) is 1.